The zero-order valence-electron chi connectivity index (χ0n) is 16.4. The van der Waals surface area contributed by atoms with Gasteiger partial charge < -0.3 is 19.5 Å². The second-order valence-electron chi connectivity index (χ2n) is 6.56. The van der Waals surface area contributed by atoms with Gasteiger partial charge in [0.15, 0.2) is 11.5 Å². The maximum atomic E-state index is 5.97. The van der Waals surface area contributed by atoms with Gasteiger partial charge in [-0.1, -0.05) is 37.6 Å². The molecule has 0 aliphatic carbocycles. The molecular weight excluding hydrogens is 326 g/mol. The van der Waals surface area contributed by atoms with Crippen LogP contribution in [0.2, 0.25) is 0 Å². The zero-order valence-corrected chi connectivity index (χ0v) is 16.4. The topological polar surface area (TPSA) is 39.7 Å². The van der Waals surface area contributed by atoms with E-state index in [1.54, 1.807) is 7.11 Å². The highest BCUT2D eigenvalue weighted by atomic mass is 16.5. The lowest BCUT2D eigenvalue weighted by molar-refractivity contribution is 0.242. The maximum absolute atomic E-state index is 5.97. The number of methoxy groups -OCH3 is 1. The minimum Gasteiger partial charge on any atom is -0.493 e. The third kappa shape index (κ3) is 6.26. The van der Waals surface area contributed by atoms with Crippen molar-refractivity contribution in [2.75, 3.05) is 13.7 Å². The lowest BCUT2D eigenvalue weighted by Crippen LogP contribution is -2.14. The Morgan fingerprint density at radius 2 is 1.77 bits per heavy atom. The van der Waals surface area contributed by atoms with E-state index in [0.717, 1.165) is 48.7 Å². The van der Waals surface area contributed by atoms with Crippen LogP contribution < -0.4 is 19.5 Å². The van der Waals surface area contributed by atoms with Gasteiger partial charge in [0.05, 0.1) is 19.8 Å². The van der Waals surface area contributed by atoms with Crippen molar-refractivity contribution in [3.63, 3.8) is 0 Å². The number of hydrogen-bond donors (Lipinski definition) is 1. The van der Waals surface area contributed by atoms with Gasteiger partial charge >= 0.3 is 0 Å². The molecule has 0 aliphatic rings. The molecule has 0 atom stereocenters. The molecule has 4 nitrogen and oxygen atoms in total. The van der Waals surface area contributed by atoms with E-state index in [-0.39, 0.29) is 6.10 Å². The van der Waals surface area contributed by atoms with Crippen LogP contribution in [-0.4, -0.2) is 19.8 Å². The number of rotatable bonds is 11. The number of ether oxygens (including phenoxy) is 3. The molecule has 0 aliphatic heterocycles. The zero-order chi connectivity index (χ0) is 18.8. The first-order valence-electron chi connectivity index (χ1n) is 9.39. The fraction of sp³-hybridized carbons (Fsp3) is 0.455. The summed E-state index contributed by atoms with van der Waals surface area (Å²) in [6, 6.07) is 14.2. The van der Waals surface area contributed by atoms with E-state index in [2.05, 4.69) is 30.4 Å². The number of hydrogen-bond acceptors (Lipinski definition) is 4. The third-order valence-electron chi connectivity index (χ3n) is 3.96. The van der Waals surface area contributed by atoms with E-state index in [1.807, 2.05) is 38.1 Å². The highest BCUT2D eigenvalue weighted by Crippen LogP contribution is 2.31. The smallest absolute Gasteiger partial charge is 0.165 e. The Balaban J connectivity index is 1.94. The van der Waals surface area contributed by atoms with Crippen molar-refractivity contribution in [1.29, 1.82) is 0 Å². The Morgan fingerprint density at radius 1 is 1.00 bits per heavy atom. The Hall–Kier alpha value is -2.20. The average molecular weight is 357 g/mol. The summed E-state index contributed by atoms with van der Waals surface area (Å²) in [4.78, 5) is 0. The van der Waals surface area contributed by atoms with E-state index in [9.17, 15) is 0 Å². The minimum atomic E-state index is 0.193. The first-order chi connectivity index (χ1) is 12.6. The lowest BCUT2D eigenvalue weighted by Gasteiger charge is -2.15. The number of para-hydroxylation sites is 1. The predicted molar refractivity (Wildman–Crippen MR) is 106 cm³/mol. The first kappa shape index (κ1) is 20.1. The molecule has 1 N–H and O–H groups in total. The standard InChI is InChI=1S/C22H31NO3/c1-5-6-14-25-22-19(8-7-9-21(22)24-4)16-23-15-18-10-12-20(13-11-18)26-17(2)3/h7-13,17,23H,5-6,14-16H2,1-4H3. The van der Waals surface area contributed by atoms with Gasteiger partial charge in [-0.2, -0.15) is 0 Å². The van der Waals surface area contributed by atoms with Gasteiger partial charge in [-0.05, 0) is 44.0 Å². The first-order valence-corrected chi connectivity index (χ1v) is 9.39. The summed E-state index contributed by atoms with van der Waals surface area (Å²) < 4.78 is 17.1. The fourth-order valence-corrected chi connectivity index (χ4v) is 2.64. The summed E-state index contributed by atoms with van der Waals surface area (Å²) in [5.74, 6) is 2.54. The van der Waals surface area contributed by atoms with Gasteiger partial charge in [-0.3, -0.25) is 0 Å². The minimum absolute atomic E-state index is 0.193. The lowest BCUT2D eigenvalue weighted by atomic mass is 10.1. The van der Waals surface area contributed by atoms with Crippen LogP contribution in [0.3, 0.4) is 0 Å². The molecule has 0 amide bonds. The second-order valence-corrected chi connectivity index (χ2v) is 6.56. The van der Waals surface area contributed by atoms with Crippen LogP contribution in [0, 0.1) is 0 Å². The van der Waals surface area contributed by atoms with Crippen LogP contribution in [0.5, 0.6) is 17.2 Å². The molecule has 0 aromatic heterocycles. The number of benzene rings is 2. The molecule has 2 rings (SSSR count). The van der Waals surface area contributed by atoms with Crippen LogP contribution in [-0.2, 0) is 13.1 Å². The Labute approximate surface area is 157 Å². The summed E-state index contributed by atoms with van der Waals surface area (Å²) >= 11 is 0. The summed E-state index contributed by atoms with van der Waals surface area (Å²) in [7, 11) is 1.68. The van der Waals surface area contributed by atoms with Gasteiger partial charge in [0.1, 0.15) is 5.75 Å². The van der Waals surface area contributed by atoms with Crippen molar-refractivity contribution in [2.45, 2.75) is 52.8 Å². The van der Waals surface area contributed by atoms with Gasteiger partial charge in [-0.15, -0.1) is 0 Å². The molecule has 0 radical (unpaired) electrons. The summed E-state index contributed by atoms with van der Waals surface area (Å²) in [5, 5.41) is 3.48. The predicted octanol–water partition coefficient (Wildman–Crippen LogP) is 4.95. The molecule has 26 heavy (non-hydrogen) atoms. The quantitative estimate of drug-likeness (QED) is 0.578. The molecule has 0 heterocycles. The Morgan fingerprint density at radius 3 is 2.42 bits per heavy atom. The average Bonchev–Trinajstić information content (AvgIpc) is 2.63. The third-order valence-corrected chi connectivity index (χ3v) is 3.96. The van der Waals surface area contributed by atoms with E-state index < -0.39 is 0 Å². The molecule has 2 aromatic rings. The molecule has 0 saturated heterocycles. The van der Waals surface area contributed by atoms with E-state index in [4.69, 9.17) is 14.2 Å². The molecule has 0 unspecified atom stereocenters. The monoisotopic (exact) mass is 357 g/mol. The molecule has 0 bridgehead atoms. The van der Waals surface area contributed by atoms with Crippen molar-refractivity contribution < 1.29 is 14.2 Å². The molecule has 2 aromatic carbocycles. The molecule has 0 saturated carbocycles. The largest absolute Gasteiger partial charge is 0.493 e. The SMILES string of the molecule is CCCCOc1c(CNCc2ccc(OC(C)C)cc2)cccc1OC. The number of nitrogens with one attached hydrogen (secondary N) is 1. The highest BCUT2D eigenvalue weighted by Gasteiger charge is 2.10. The molecular formula is C22H31NO3. The second kappa shape index (κ2) is 10.7. The van der Waals surface area contributed by atoms with Crippen LogP contribution in [0.4, 0.5) is 0 Å². The Kier molecular flexibility index (Phi) is 8.29. The molecule has 0 spiro atoms. The van der Waals surface area contributed by atoms with Crippen LogP contribution >= 0.6 is 0 Å². The summed E-state index contributed by atoms with van der Waals surface area (Å²) in [5.41, 5.74) is 2.33. The highest BCUT2D eigenvalue weighted by molar-refractivity contribution is 5.46. The Bertz CT molecular complexity index is 653. The molecule has 0 fully saturated rings. The normalized spacial score (nSPS) is 10.8. The van der Waals surface area contributed by atoms with Crippen molar-refractivity contribution >= 4 is 0 Å². The van der Waals surface area contributed by atoms with Gasteiger partial charge in [-0.25, -0.2) is 0 Å². The van der Waals surface area contributed by atoms with Crippen LogP contribution in [0.1, 0.15) is 44.7 Å². The van der Waals surface area contributed by atoms with Crippen molar-refractivity contribution in [1.82, 2.24) is 5.32 Å². The van der Waals surface area contributed by atoms with Gasteiger partial charge in [0.25, 0.3) is 0 Å². The van der Waals surface area contributed by atoms with Crippen molar-refractivity contribution in [3.05, 3.63) is 53.6 Å². The molecule has 4 heteroatoms. The van der Waals surface area contributed by atoms with E-state index >= 15 is 0 Å². The van der Waals surface area contributed by atoms with Crippen molar-refractivity contribution in [3.8, 4) is 17.2 Å². The fourth-order valence-electron chi connectivity index (χ4n) is 2.64. The van der Waals surface area contributed by atoms with E-state index in [1.165, 1.54) is 5.56 Å². The van der Waals surface area contributed by atoms with Gasteiger partial charge in [0.2, 0.25) is 0 Å². The van der Waals surface area contributed by atoms with E-state index in [0.29, 0.717) is 6.61 Å². The maximum Gasteiger partial charge on any atom is 0.165 e. The summed E-state index contributed by atoms with van der Waals surface area (Å²) in [6.45, 7) is 8.44. The van der Waals surface area contributed by atoms with Crippen LogP contribution in [0.15, 0.2) is 42.5 Å². The number of unbranched alkanes of at least 4 members (excludes halogenated alkanes) is 1. The summed E-state index contributed by atoms with van der Waals surface area (Å²) in [6.07, 6.45) is 2.34. The van der Waals surface area contributed by atoms with Crippen LogP contribution in [0.25, 0.3) is 0 Å². The van der Waals surface area contributed by atoms with Crippen molar-refractivity contribution in [2.24, 2.45) is 0 Å². The molecule has 142 valence electrons. The van der Waals surface area contributed by atoms with Gasteiger partial charge in [0, 0.05) is 18.7 Å².